The number of likely N-dealkylation sites (tertiary alicyclic amines) is 1. The molecule has 1 atom stereocenters. The molecule has 12 heavy (non-hydrogen) atoms. The largest absolute Gasteiger partial charge is 0.356 e. The fourth-order valence-corrected chi connectivity index (χ4v) is 2.18. The number of amides is 1. The lowest BCUT2D eigenvalue weighted by molar-refractivity contribution is -0.123. The highest BCUT2D eigenvalue weighted by Crippen LogP contribution is 2.18. The van der Waals surface area contributed by atoms with Crippen molar-refractivity contribution in [2.24, 2.45) is 0 Å². The van der Waals surface area contributed by atoms with Gasteiger partial charge >= 0.3 is 0 Å². The molecule has 2 heterocycles. The fourth-order valence-electron chi connectivity index (χ4n) is 2.18. The highest BCUT2D eigenvalue weighted by Gasteiger charge is 2.26. The SMILES string of the molecule is O=C1C[C@@H](N2CCCC2)CCN1. The molecule has 2 fully saturated rings. The van der Waals surface area contributed by atoms with Gasteiger partial charge in [0.05, 0.1) is 0 Å². The number of carbonyl (C=O) groups excluding carboxylic acids is 1. The number of hydrogen-bond donors (Lipinski definition) is 1. The summed E-state index contributed by atoms with van der Waals surface area (Å²) in [4.78, 5) is 13.6. The molecule has 2 aliphatic rings. The zero-order valence-electron chi connectivity index (χ0n) is 7.38. The van der Waals surface area contributed by atoms with Crippen molar-refractivity contribution in [3.05, 3.63) is 0 Å². The summed E-state index contributed by atoms with van der Waals surface area (Å²) in [5.74, 6) is 0.234. The van der Waals surface area contributed by atoms with E-state index in [1.165, 1.54) is 25.9 Å². The Morgan fingerprint density at radius 2 is 2.08 bits per heavy atom. The molecule has 0 spiro atoms. The average molecular weight is 168 g/mol. The summed E-state index contributed by atoms with van der Waals surface area (Å²) in [6.45, 7) is 3.29. The first-order valence-electron chi connectivity index (χ1n) is 4.87. The maximum atomic E-state index is 11.1. The van der Waals surface area contributed by atoms with Crippen molar-refractivity contribution in [1.82, 2.24) is 10.2 Å². The van der Waals surface area contributed by atoms with Crippen LogP contribution in [0.15, 0.2) is 0 Å². The predicted molar refractivity (Wildman–Crippen MR) is 46.8 cm³/mol. The number of nitrogens with zero attached hydrogens (tertiary/aromatic N) is 1. The molecule has 3 nitrogen and oxygen atoms in total. The van der Waals surface area contributed by atoms with E-state index in [0.717, 1.165) is 19.4 Å². The third-order valence-corrected chi connectivity index (χ3v) is 2.88. The first kappa shape index (κ1) is 8.05. The second-order valence-corrected chi connectivity index (χ2v) is 3.74. The summed E-state index contributed by atoms with van der Waals surface area (Å²) in [6.07, 6.45) is 4.50. The smallest absolute Gasteiger partial charge is 0.221 e. The monoisotopic (exact) mass is 168 g/mol. The molecule has 1 N–H and O–H groups in total. The molecular weight excluding hydrogens is 152 g/mol. The van der Waals surface area contributed by atoms with Gasteiger partial charge in [-0.05, 0) is 32.4 Å². The van der Waals surface area contributed by atoms with Crippen LogP contribution < -0.4 is 5.32 Å². The lowest BCUT2D eigenvalue weighted by atomic mass is 10.1. The summed E-state index contributed by atoms with van der Waals surface area (Å²) in [5, 5.41) is 2.87. The van der Waals surface area contributed by atoms with Gasteiger partial charge in [-0.15, -0.1) is 0 Å². The van der Waals surface area contributed by atoms with Crippen molar-refractivity contribution in [3.63, 3.8) is 0 Å². The van der Waals surface area contributed by atoms with Crippen LogP contribution in [0.25, 0.3) is 0 Å². The third kappa shape index (κ3) is 1.61. The highest BCUT2D eigenvalue weighted by molar-refractivity contribution is 5.77. The summed E-state index contributed by atoms with van der Waals surface area (Å²) in [5.41, 5.74) is 0. The van der Waals surface area contributed by atoms with Crippen LogP contribution in [-0.2, 0) is 4.79 Å². The third-order valence-electron chi connectivity index (χ3n) is 2.88. The molecule has 3 heteroatoms. The second kappa shape index (κ2) is 3.44. The molecule has 0 unspecified atom stereocenters. The Morgan fingerprint density at radius 3 is 2.75 bits per heavy atom. The molecular formula is C9H16N2O. The minimum Gasteiger partial charge on any atom is -0.356 e. The molecule has 68 valence electrons. The zero-order chi connectivity index (χ0) is 8.39. The standard InChI is InChI=1S/C9H16N2O/c12-9-7-8(3-4-10-9)11-5-1-2-6-11/h8H,1-7H2,(H,10,12)/t8-/m0/s1. The lowest BCUT2D eigenvalue weighted by Crippen LogP contribution is -2.44. The van der Waals surface area contributed by atoms with Crippen molar-refractivity contribution in [2.75, 3.05) is 19.6 Å². The van der Waals surface area contributed by atoms with E-state index >= 15 is 0 Å². The van der Waals surface area contributed by atoms with Gasteiger partial charge in [-0.3, -0.25) is 9.69 Å². The van der Waals surface area contributed by atoms with Gasteiger partial charge < -0.3 is 5.32 Å². The molecule has 0 aromatic carbocycles. The van der Waals surface area contributed by atoms with Crippen LogP contribution in [0, 0.1) is 0 Å². The van der Waals surface area contributed by atoms with Gasteiger partial charge in [-0.2, -0.15) is 0 Å². The van der Waals surface area contributed by atoms with Gasteiger partial charge in [0.25, 0.3) is 0 Å². The molecule has 2 rings (SSSR count). The first-order chi connectivity index (χ1) is 5.86. The highest BCUT2D eigenvalue weighted by atomic mass is 16.1. The topological polar surface area (TPSA) is 32.3 Å². The number of rotatable bonds is 1. The Balaban J connectivity index is 1.89. The maximum Gasteiger partial charge on any atom is 0.221 e. The van der Waals surface area contributed by atoms with Gasteiger partial charge in [-0.25, -0.2) is 0 Å². The van der Waals surface area contributed by atoms with E-state index in [4.69, 9.17) is 0 Å². The van der Waals surface area contributed by atoms with Crippen LogP contribution in [0.3, 0.4) is 0 Å². The van der Waals surface area contributed by atoms with Gasteiger partial charge in [0.2, 0.25) is 5.91 Å². The number of hydrogen-bond acceptors (Lipinski definition) is 2. The van der Waals surface area contributed by atoms with E-state index in [-0.39, 0.29) is 5.91 Å². The van der Waals surface area contributed by atoms with E-state index in [1.54, 1.807) is 0 Å². The Labute approximate surface area is 73.1 Å². The molecule has 0 aliphatic carbocycles. The summed E-state index contributed by atoms with van der Waals surface area (Å²) < 4.78 is 0. The van der Waals surface area contributed by atoms with Crippen LogP contribution in [0.2, 0.25) is 0 Å². The van der Waals surface area contributed by atoms with Gasteiger partial charge in [0.15, 0.2) is 0 Å². The Hall–Kier alpha value is -0.570. The second-order valence-electron chi connectivity index (χ2n) is 3.74. The number of carbonyl (C=O) groups is 1. The van der Waals surface area contributed by atoms with E-state index < -0.39 is 0 Å². The fraction of sp³-hybridized carbons (Fsp3) is 0.889. The quantitative estimate of drug-likeness (QED) is 0.613. The molecule has 1 amide bonds. The minimum absolute atomic E-state index is 0.234. The van der Waals surface area contributed by atoms with Crippen molar-refractivity contribution in [3.8, 4) is 0 Å². The lowest BCUT2D eigenvalue weighted by Gasteiger charge is -2.30. The van der Waals surface area contributed by atoms with Crippen LogP contribution in [0.4, 0.5) is 0 Å². The zero-order valence-corrected chi connectivity index (χ0v) is 7.38. The average Bonchev–Trinajstić information content (AvgIpc) is 2.56. The molecule has 0 saturated carbocycles. The van der Waals surface area contributed by atoms with Crippen LogP contribution >= 0.6 is 0 Å². The van der Waals surface area contributed by atoms with Crippen LogP contribution in [-0.4, -0.2) is 36.5 Å². The van der Waals surface area contributed by atoms with Crippen molar-refractivity contribution >= 4 is 5.91 Å². The van der Waals surface area contributed by atoms with Gasteiger partial charge in [-0.1, -0.05) is 0 Å². The normalized spacial score (nSPS) is 32.0. The maximum absolute atomic E-state index is 11.1. The predicted octanol–water partition coefficient (Wildman–Crippen LogP) is 0.361. The Kier molecular flexibility index (Phi) is 2.30. The van der Waals surface area contributed by atoms with Crippen molar-refractivity contribution in [2.45, 2.75) is 31.7 Å². The van der Waals surface area contributed by atoms with Crippen molar-refractivity contribution < 1.29 is 4.79 Å². The molecule has 0 bridgehead atoms. The summed E-state index contributed by atoms with van der Waals surface area (Å²) in [6, 6.07) is 0.543. The first-order valence-corrected chi connectivity index (χ1v) is 4.87. The molecule has 0 radical (unpaired) electrons. The van der Waals surface area contributed by atoms with E-state index in [0.29, 0.717) is 6.04 Å². The van der Waals surface area contributed by atoms with Gasteiger partial charge in [0.1, 0.15) is 0 Å². The molecule has 0 aromatic rings. The molecule has 2 saturated heterocycles. The van der Waals surface area contributed by atoms with Crippen molar-refractivity contribution in [1.29, 1.82) is 0 Å². The van der Waals surface area contributed by atoms with E-state index in [1.807, 2.05) is 0 Å². The van der Waals surface area contributed by atoms with Crippen LogP contribution in [0.5, 0.6) is 0 Å². The number of nitrogens with one attached hydrogen (secondary N) is 1. The minimum atomic E-state index is 0.234. The molecule has 0 aromatic heterocycles. The Bertz CT molecular complexity index is 175. The molecule has 2 aliphatic heterocycles. The van der Waals surface area contributed by atoms with Gasteiger partial charge in [0, 0.05) is 19.0 Å². The Morgan fingerprint density at radius 1 is 1.33 bits per heavy atom. The van der Waals surface area contributed by atoms with E-state index in [9.17, 15) is 4.79 Å². The number of piperidine rings is 1. The van der Waals surface area contributed by atoms with E-state index in [2.05, 4.69) is 10.2 Å². The van der Waals surface area contributed by atoms with Crippen LogP contribution in [0.1, 0.15) is 25.7 Å². The summed E-state index contributed by atoms with van der Waals surface area (Å²) >= 11 is 0. The summed E-state index contributed by atoms with van der Waals surface area (Å²) in [7, 11) is 0.